The summed E-state index contributed by atoms with van der Waals surface area (Å²) in [5.74, 6) is -0.527. The van der Waals surface area contributed by atoms with E-state index in [1.54, 1.807) is 18.2 Å². The molecule has 13 heteroatoms. The minimum Gasteiger partial charge on any atom is -0.378 e. The van der Waals surface area contributed by atoms with Crippen LogP contribution in [-0.4, -0.2) is 67.7 Å². The van der Waals surface area contributed by atoms with E-state index in [1.165, 1.54) is 12.3 Å². The monoisotopic (exact) mass is 525 g/mol. The number of alkyl halides is 2. The zero-order valence-corrected chi connectivity index (χ0v) is 20.0. The molecule has 2 aliphatic heterocycles. The Morgan fingerprint density at radius 3 is 2.63 bits per heavy atom. The van der Waals surface area contributed by atoms with Crippen LogP contribution in [0.2, 0.25) is 5.02 Å². The van der Waals surface area contributed by atoms with Gasteiger partial charge in [-0.3, -0.25) is 9.89 Å². The highest BCUT2D eigenvalue weighted by Crippen LogP contribution is 2.35. The first-order chi connectivity index (χ1) is 16.8. The number of carbonyl (C=O) groups excluding carboxylic acids is 1. The number of halogens is 3. The van der Waals surface area contributed by atoms with E-state index in [9.17, 15) is 22.0 Å². The number of ether oxygens (including phenoxy) is 1. The van der Waals surface area contributed by atoms with E-state index >= 15 is 0 Å². The number of hydrogen-bond donors (Lipinski definition) is 2. The Bertz CT molecular complexity index is 1380. The highest BCUT2D eigenvalue weighted by Gasteiger charge is 2.44. The average molecular weight is 526 g/mol. The average Bonchev–Trinajstić information content (AvgIpc) is 3.26. The second-order valence-electron chi connectivity index (χ2n) is 8.33. The minimum absolute atomic E-state index is 0.0890. The molecule has 3 aromatic rings. The molecule has 2 fully saturated rings. The van der Waals surface area contributed by atoms with Crippen LogP contribution in [0.3, 0.4) is 0 Å². The number of aromatic nitrogens is 2. The van der Waals surface area contributed by atoms with Gasteiger partial charge >= 0.3 is 0 Å². The van der Waals surface area contributed by atoms with Gasteiger partial charge in [-0.15, -0.1) is 0 Å². The van der Waals surface area contributed by atoms with Gasteiger partial charge in [0.2, 0.25) is 15.9 Å². The van der Waals surface area contributed by atoms with Crippen LogP contribution in [0.5, 0.6) is 0 Å². The Kier molecular flexibility index (Phi) is 6.38. The highest BCUT2D eigenvalue weighted by atomic mass is 35.5. The first-order valence-corrected chi connectivity index (χ1v) is 12.8. The van der Waals surface area contributed by atoms with E-state index in [0.717, 1.165) is 16.1 Å². The van der Waals surface area contributed by atoms with E-state index in [-0.39, 0.29) is 22.3 Å². The zero-order chi connectivity index (χ0) is 24.7. The summed E-state index contributed by atoms with van der Waals surface area (Å²) in [6, 6.07) is 6.24. The lowest BCUT2D eigenvalue weighted by molar-refractivity contribution is -0.122. The van der Waals surface area contributed by atoms with Crippen molar-refractivity contribution in [3.63, 3.8) is 0 Å². The highest BCUT2D eigenvalue weighted by molar-refractivity contribution is 7.89. The number of H-pyrrole nitrogens is 1. The molecule has 186 valence electrons. The third-order valence-electron chi connectivity index (χ3n) is 6.21. The largest absolute Gasteiger partial charge is 0.378 e. The quantitative estimate of drug-likeness (QED) is 0.511. The van der Waals surface area contributed by atoms with Crippen LogP contribution >= 0.6 is 11.6 Å². The molecule has 1 aromatic heterocycles. The van der Waals surface area contributed by atoms with Gasteiger partial charge in [-0.2, -0.15) is 9.40 Å². The number of nitrogens with zero attached hydrogens (tertiary/aromatic N) is 3. The molecule has 9 nitrogen and oxygen atoms in total. The molecule has 0 spiro atoms. The van der Waals surface area contributed by atoms with Gasteiger partial charge in [0.05, 0.1) is 35.6 Å². The van der Waals surface area contributed by atoms with Crippen molar-refractivity contribution in [2.45, 2.75) is 23.8 Å². The topological polar surface area (TPSA) is 108 Å². The summed E-state index contributed by atoms with van der Waals surface area (Å²) in [7, 11) is -4.25. The maximum absolute atomic E-state index is 13.4. The summed E-state index contributed by atoms with van der Waals surface area (Å²) >= 11 is 6.43. The molecule has 3 heterocycles. The molecular weight excluding hydrogens is 504 g/mol. The molecule has 0 radical (unpaired) electrons. The smallest absolute Gasteiger partial charge is 0.263 e. The van der Waals surface area contributed by atoms with Crippen molar-refractivity contribution in [2.75, 3.05) is 43.1 Å². The van der Waals surface area contributed by atoms with Crippen molar-refractivity contribution < 1.29 is 26.7 Å². The minimum atomic E-state index is -4.25. The number of anilines is 2. The molecule has 1 atom stereocenters. The Morgan fingerprint density at radius 1 is 1.20 bits per heavy atom. The van der Waals surface area contributed by atoms with E-state index in [2.05, 4.69) is 20.4 Å². The number of aromatic amines is 1. The molecule has 1 amide bonds. The van der Waals surface area contributed by atoms with Gasteiger partial charge in [0.1, 0.15) is 10.9 Å². The van der Waals surface area contributed by atoms with Crippen LogP contribution in [0, 0.1) is 0 Å². The van der Waals surface area contributed by atoms with Gasteiger partial charge in [0, 0.05) is 36.3 Å². The number of morpholine rings is 1. The molecular formula is C22H22ClF2N5O4S. The van der Waals surface area contributed by atoms with Crippen LogP contribution < -0.4 is 10.2 Å². The number of amides is 1. The molecule has 2 saturated heterocycles. The summed E-state index contributed by atoms with van der Waals surface area (Å²) < 4.78 is 59.8. The van der Waals surface area contributed by atoms with Crippen molar-refractivity contribution in [2.24, 2.45) is 0 Å². The number of sulfonamides is 1. The number of benzene rings is 2. The van der Waals surface area contributed by atoms with Gasteiger partial charge in [-0.1, -0.05) is 11.6 Å². The van der Waals surface area contributed by atoms with Crippen molar-refractivity contribution in [3.8, 4) is 0 Å². The van der Waals surface area contributed by atoms with Gasteiger partial charge in [0.25, 0.3) is 6.43 Å². The Balaban J connectivity index is 1.35. The fourth-order valence-corrected chi connectivity index (χ4v) is 6.43. The van der Waals surface area contributed by atoms with E-state index in [4.69, 9.17) is 16.3 Å². The predicted molar refractivity (Wildman–Crippen MR) is 126 cm³/mol. The summed E-state index contributed by atoms with van der Waals surface area (Å²) in [6.45, 7) is 2.71. The lowest BCUT2D eigenvalue weighted by atomic mass is 10.1. The first-order valence-electron chi connectivity index (χ1n) is 11.0. The van der Waals surface area contributed by atoms with Crippen molar-refractivity contribution in [1.29, 1.82) is 0 Å². The van der Waals surface area contributed by atoms with Crippen molar-refractivity contribution >= 4 is 49.8 Å². The molecule has 0 aliphatic carbocycles. The van der Waals surface area contributed by atoms with Gasteiger partial charge in [-0.05, 0) is 36.8 Å². The van der Waals surface area contributed by atoms with Gasteiger partial charge in [-0.25, -0.2) is 17.2 Å². The standard InChI is InChI=1S/C22H22ClF2N5O4S/c23-16-11-15(1-2-17(16)29-5-7-34-8-6-29)27-22(31)18-3-4-30(18)35(32,33)19-10-13(21(24)25)9-14-12-26-28-20(14)19/h1-2,9-12,18,21H,3-8H2,(H,26,28)(H,27,31)/t18-/m0/s1. The van der Waals surface area contributed by atoms with E-state index in [0.29, 0.717) is 43.4 Å². The third-order valence-corrected chi connectivity index (χ3v) is 8.45. The normalized spacial score (nSPS) is 19.2. The number of nitrogens with one attached hydrogen (secondary N) is 2. The molecule has 0 saturated carbocycles. The molecule has 2 aromatic carbocycles. The Labute approximate surface area is 205 Å². The Morgan fingerprint density at radius 2 is 1.97 bits per heavy atom. The number of fused-ring (bicyclic) bond motifs is 1. The molecule has 2 aliphatic rings. The van der Waals surface area contributed by atoms with Crippen LogP contribution in [0.15, 0.2) is 41.4 Å². The first kappa shape index (κ1) is 23.9. The number of carbonyl (C=O) groups is 1. The number of rotatable bonds is 6. The lowest BCUT2D eigenvalue weighted by Crippen LogP contribution is -2.56. The molecule has 0 unspecified atom stereocenters. The summed E-state index contributed by atoms with van der Waals surface area (Å²) in [6.07, 6.45) is -1.28. The number of hydrogen-bond acceptors (Lipinski definition) is 6. The second kappa shape index (κ2) is 9.34. The van der Waals surface area contributed by atoms with Crippen LogP contribution in [0.25, 0.3) is 10.9 Å². The molecule has 0 bridgehead atoms. The third kappa shape index (κ3) is 4.46. The molecule has 35 heavy (non-hydrogen) atoms. The van der Waals surface area contributed by atoms with Crippen molar-refractivity contribution in [3.05, 3.63) is 47.1 Å². The lowest BCUT2D eigenvalue weighted by Gasteiger charge is -2.38. The van der Waals surface area contributed by atoms with Crippen LogP contribution in [0.1, 0.15) is 18.4 Å². The fourth-order valence-electron chi connectivity index (χ4n) is 4.29. The van der Waals surface area contributed by atoms with E-state index < -0.39 is 34.0 Å². The zero-order valence-electron chi connectivity index (χ0n) is 18.4. The van der Waals surface area contributed by atoms with Crippen LogP contribution in [0.4, 0.5) is 20.2 Å². The maximum atomic E-state index is 13.4. The predicted octanol–water partition coefficient (Wildman–Crippen LogP) is 3.39. The van der Waals surface area contributed by atoms with Crippen LogP contribution in [-0.2, 0) is 19.6 Å². The summed E-state index contributed by atoms with van der Waals surface area (Å²) in [5, 5.41) is 9.76. The fraction of sp³-hybridized carbons (Fsp3) is 0.364. The maximum Gasteiger partial charge on any atom is 0.263 e. The van der Waals surface area contributed by atoms with E-state index in [1.807, 2.05) is 0 Å². The van der Waals surface area contributed by atoms with Gasteiger partial charge < -0.3 is 15.0 Å². The van der Waals surface area contributed by atoms with Crippen molar-refractivity contribution in [1.82, 2.24) is 14.5 Å². The summed E-state index contributed by atoms with van der Waals surface area (Å²) in [4.78, 5) is 14.7. The Hall–Kier alpha value is -2.80. The second-order valence-corrected chi connectivity index (χ2v) is 10.6. The SMILES string of the molecule is O=C(Nc1ccc(N2CCOCC2)c(Cl)c1)[C@@H]1CCN1S(=O)(=O)c1cc(C(F)F)cc2cn[nH]c12. The summed E-state index contributed by atoms with van der Waals surface area (Å²) in [5.41, 5.74) is 0.931. The van der Waals surface area contributed by atoms with Gasteiger partial charge in [0.15, 0.2) is 0 Å². The molecule has 2 N–H and O–H groups in total. The molecule has 5 rings (SSSR count).